The highest BCUT2D eigenvalue weighted by Gasteiger charge is 2.33. The molecule has 2 rings (SSSR count). The normalized spacial score (nSPS) is 17.6. The fraction of sp³-hybridized carbons (Fsp3) is 0.417. The molecule has 1 heterocycles. The minimum Gasteiger partial charge on any atom is -0.258 e. The number of piperidine rings is 1. The zero-order chi connectivity index (χ0) is 14.8. The smallest absolute Gasteiger partial charge is 0.258 e. The van der Waals surface area contributed by atoms with E-state index in [1.807, 2.05) is 0 Å². The molecule has 1 fully saturated rings. The van der Waals surface area contributed by atoms with E-state index in [0.717, 1.165) is 0 Å². The highest BCUT2D eigenvalue weighted by Crippen LogP contribution is 2.29. The number of sulfonamides is 1. The number of rotatable bonds is 3. The van der Waals surface area contributed by atoms with Gasteiger partial charge < -0.3 is 0 Å². The van der Waals surface area contributed by atoms with Crippen molar-refractivity contribution >= 4 is 15.7 Å². The molecule has 8 heteroatoms. The fourth-order valence-electron chi connectivity index (χ4n) is 2.19. The fourth-order valence-corrected chi connectivity index (χ4v) is 3.82. The van der Waals surface area contributed by atoms with Gasteiger partial charge in [-0.05, 0) is 18.9 Å². The van der Waals surface area contributed by atoms with Crippen molar-refractivity contribution in [2.45, 2.75) is 17.7 Å². The van der Waals surface area contributed by atoms with E-state index >= 15 is 0 Å². The lowest BCUT2D eigenvalue weighted by Crippen LogP contribution is -2.38. The third-order valence-corrected chi connectivity index (χ3v) is 5.26. The molecule has 0 amide bonds. The Labute approximate surface area is 116 Å². The van der Waals surface area contributed by atoms with Crippen LogP contribution in [0, 0.1) is 27.4 Å². The maximum absolute atomic E-state index is 12.4. The molecule has 0 aromatic heterocycles. The molecule has 7 nitrogen and oxygen atoms in total. The van der Waals surface area contributed by atoms with Gasteiger partial charge in [0.1, 0.15) is 0 Å². The third-order valence-electron chi connectivity index (χ3n) is 3.32. The van der Waals surface area contributed by atoms with Crippen molar-refractivity contribution in [1.82, 2.24) is 4.31 Å². The number of nitriles is 1. The summed E-state index contributed by atoms with van der Waals surface area (Å²) in [5.41, 5.74) is -0.421. The Morgan fingerprint density at radius 2 is 1.90 bits per heavy atom. The maximum Gasteiger partial charge on any atom is 0.289 e. The highest BCUT2D eigenvalue weighted by atomic mass is 32.2. The lowest BCUT2D eigenvalue weighted by Gasteiger charge is -2.28. The summed E-state index contributed by atoms with van der Waals surface area (Å²) in [4.78, 5) is 9.94. The van der Waals surface area contributed by atoms with E-state index < -0.39 is 20.6 Å². The maximum atomic E-state index is 12.4. The summed E-state index contributed by atoms with van der Waals surface area (Å²) in [6.45, 7) is 0.430. The third kappa shape index (κ3) is 2.64. The standard InChI is InChI=1S/C12H13N3O4S/c13-9-10-5-7-14(8-6-10)20(18,19)12-4-2-1-3-11(12)15(16)17/h1-4,10H,5-8H2. The summed E-state index contributed by atoms with van der Waals surface area (Å²) in [5.74, 6) is -0.146. The van der Waals surface area contributed by atoms with E-state index in [0.29, 0.717) is 12.8 Å². The van der Waals surface area contributed by atoms with Crippen LogP contribution >= 0.6 is 0 Å². The number of hydrogen-bond donors (Lipinski definition) is 0. The highest BCUT2D eigenvalue weighted by molar-refractivity contribution is 7.89. The molecular weight excluding hydrogens is 282 g/mol. The summed E-state index contributed by atoms with van der Waals surface area (Å²) >= 11 is 0. The molecule has 0 bridgehead atoms. The van der Waals surface area contributed by atoms with Crippen molar-refractivity contribution in [2.24, 2.45) is 5.92 Å². The van der Waals surface area contributed by atoms with Crippen LogP contribution in [0.3, 0.4) is 0 Å². The zero-order valence-corrected chi connectivity index (χ0v) is 11.4. The van der Waals surface area contributed by atoms with E-state index in [1.165, 1.54) is 28.6 Å². The molecular formula is C12H13N3O4S. The molecule has 1 aliphatic rings. The first-order chi connectivity index (χ1) is 9.46. The average molecular weight is 295 g/mol. The van der Waals surface area contributed by atoms with Gasteiger partial charge in [0.15, 0.2) is 4.90 Å². The Bertz CT molecular complexity index is 658. The Morgan fingerprint density at radius 1 is 1.30 bits per heavy atom. The molecule has 0 N–H and O–H groups in total. The average Bonchev–Trinajstić information content (AvgIpc) is 2.47. The molecule has 0 spiro atoms. The summed E-state index contributed by atoms with van der Waals surface area (Å²) in [6.07, 6.45) is 0.909. The van der Waals surface area contributed by atoms with Gasteiger partial charge in [0.2, 0.25) is 10.0 Å². The van der Waals surface area contributed by atoms with Gasteiger partial charge in [0.25, 0.3) is 5.69 Å². The van der Waals surface area contributed by atoms with Crippen LogP contribution in [0.15, 0.2) is 29.2 Å². The van der Waals surface area contributed by atoms with Crippen LogP contribution in [0.25, 0.3) is 0 Å². The second-order valence-electron chi connectivity index (χ2n) is 4.53. The lowest BCUT2D eigenvalue weighted by atomic mass is 10.0. The number of hydrogen-bond acceptors (Lipinski definition) is 5. The number of nitro groups is 1. The van der Waals surface area contributed by atoms with Gasteiger partial charge in [0.05, 0.1) is 11.0 Å². The van der Waals surface area contributed by atoms with Crippen molar-refractivity contribution in [3.63, 3.8) is 0 Å². The van der Waals surface area contributed by atoms with Crippen molar-refractivity contribution in [3.8, 4) is 6.07 Å². The van der Waals surface area contributed by atoms with E-state index in [1.54, 1.807) is 0 Å². The van der Waals surface area contributed by atoms with E-state index in [2.05, 4.69) is 6.07 Å². The van der Waals surface area contributed by atoms with Gasteiger partial charge in [0, 0.05) is 25.1 Å². The van der Waals surface area contributed by atoms with Gasteiger partial charge in [-0.1, -0.05) is 12.1 Å². The van der Waals surface area contributed by atoms with E-state index in [-0.39, 0.29) is 23.9 Å². The van der Waals surface area contributed by atoms with Crippen molar-refractivity contribution in [2.75, 3.05) is 13.1 Å². The van der Waals surface area contributed by atoms with Gasteiger partial charge in [-0.15, -0.1) is 0 Å². The van der Waals surface area contributed by atoms with Crippen LogP contribution in [-0.4, -0.2) is 30.7 Å². The molecule has 0 unspecified atom stereocenters. The Hall–Kier alpha value is -1.98. The molecule has 106 valence electrons. The predicted octanol–water partition coefficient (Wildman–Crippen LogP) is 1.52. The second-order valence-corrected chi connectivity index (χ2v) is 6.44. The minimum atomic E-state index is -3.89. The summed E-state index contributed by atoms with van der Waals surface area (Å²) < 4.78 is 26.1. The van der Waals surface area contributed by atoms with Crippen molar-refractivity contribution in [1.29, 1.82) is 5.26 Å². The molecule has 0 atom stereocenters. The first kappa shape index (κ1) is 14.4. The predicted molar refractivity (Wildman–Crippen MR) is 70.2 cm³/mol. The molecule has 1 aliphatic heterocycles. The molecule has 0 saturated carbocycles. The van der Waals surface area contributed by atoms with Crippen LogP contribution in [0.2, 0.25) is 0 Å². The van der Waals surface area contributed by atoms with Gasteiger partial charge >= 0.3 is 0 Å². The molecule has 1 saturated heterocycles. The number of para-hydroxylation sites is 1. The van der Waals surface area contributed by atoms with Crippen molar-refractivity contribution in [3.05, 3.63) is 34.4 Å². The summed E-state index contributed by atoms with van der Waals surface area (Å²) in [5, 5.41) is 19.7. The molecule has 0 radical (unpaired) electrons. The number of benzene rings is 1. The summed E-state index contributed by atoms with van der Waals surface area (Å²) in [7, 11) is -3.89. The van der Waals surface area contributed by atoms with E-state index in [4.69, 9.17) is 5.26 Å². The Morgan fingerprint density at radius 3 is 2.45 bits per heavy atom. The first-order valence-corrected chi connectivity index (χ1v) is 7.54. The summed E-state index contributed by atoms with van der Waals surface area (Å²) in [6, 6.07) is 7.42. The van der Waals surface area contributed by atoms with Crippen LogP contribution in [0.5, 0.6) is 0 Å². The topological polar surface area (TPSA) is 104 Å². The van der Waals surface area contributed by atoms with Crippen molar-refractivity contribution < 1.29 is 13.3 Å². The largest absolute Gasteiger partial charge is 0.289 e. The van der Waals surface area contributed by atoms with Crippen LogP contribution in [-0.2, 0) is 10.0 Å². The van der Waals surface area contributed by atoms with Crippen LogP contribution < -0.4 is 0 Å². The molecule has 1 aromatic rings. The zero-order valence-electron chi connectivity index (χ0n) is 10.6. The SMILES string of the molecule is N#CC1CCN(S(=O)(=O)c2ccccc2[N+](=O)[O-])CC1. The number of nitrogens with zero attached hydrogens (tertiary/aromatic N) is 3. The Balaban J connectivity index is 2.33. The number of nitro benzene ring substituents is 1. The van der Waals surface area contributed by atoms with Crippen LogP contribution in [0.4, 0.5) is 5.69 Å². The van der Waals surface area contributed by atoms with Gasteiger partial charge in [-0.2, -0.15) is 9.57 Å². The lowest BCUT2D eigenvalue weighted by molar-refractivity contribution is -0.387. The van der Waals surface area contributed by atoms with E-state index in [9.17, 15) is 18.5 Å². The quantitative estimate of drug-likeness (QED) is 0.621. The molecule has 20 heavy (non-hydrogen) atoms. The molecule has 0 aliphatic carbocycles. The van der Waals surface area contributed by atoms with Gasteiger partial charge in [-0.25, -0.2) is 8.42 Å². The molecule has 1 aromatic carbocycles. The Kier molecular flexibility index (Phi) is 4.01. The van der Waals surface area contributed by atoms with Crippen LogP contribution in [0.1, 0.15) is 12.8 Å². The van der Waals surface area contributed by atoms with Gasteiger partial charge in [-0.3, -0.25) is 10.1 Å². The second kappa shape index (κ2) is 5.56. The minimum absolute atomic E-state index is 0.146. The first-order valence-electron chi connectivity index (χ1n) is 6.10. The monoisotopic (exact) mass is 295 g/mol.